The van der Waals surface area contributed by atoms with Gasteiger partial charge in [0.1, 0.15) is 5.82 Å². The molecule has 0 fully saturated rings. The van der Waals surface area contributed by atoms with Crippen LogP contribution in [0.25, 0.3) is 0 Å². The van der Waals surface area contributed by atoms with Gasteiger partial charge in [0.05, 0.1) is 5.69 Å². The van der Waals surface area contributed by atoms with Crippen molar-refractivity contribution >= 4 is 11.6 Å². The van der Waals surface area contributed by atoms with E-state index >= 15 is 0 Å². The summed E-state index contributed by atoms with van der Waals surface area (Å²) in [5.74, 6) is -0.776. The third kappa shape index (κ3) is 5.79. The van der Waals surface area contributed by atoms with E-state index in [1.54, 1.807) is 12.1 Å². The third-order valence-corrected chi connectivity index (χ3v) is 2.97. The van der Waals surface area contributed by atoms with E-state index in [4.69, 9.17) is 5.73 Å². The van der Waals surface area contributed by atoms with Crippen LogP contribution >= 0.6 is 0 Å². The van der Waals surface area contributed by atoms with Gasteiger partial charge in [-0.15, -0.1) is 13.2 Å². The Balaban J connectivity index is 1.96. The summed E-state index contributed by atoms with van der Waals surface area (Å²) in [6.45, 7) is 0.298. The van der Waals surface area contributed by atoms with Crippen molar-refractivity contribution in [2.45, 2.75) is 12.8 Å². The molecule has 2 aromatic carbocycles. The van der Waals surface area contributed by atoms with Crippen LogP contribution in [-0.2, 0) is 6.42 Å². The Bertz CT molecular complexity index is 699. The molecule has 8 heteroatoms. The predicted octanol–water partition coefficient (Wildman–Crippen LogP) is 3.69. The molecular weight excluding hydrogens is 326 g/mol. The molecular formula is C16H15F4N3O. The molecule has 4 nitrogen and oxygen atoms in total. The fourth-order valence-electron chi connectivity index (χ4n) is 1.92. The summed E-state index contributed by atoms with van der Waals surface area (Å²) in [5, 5.41) is 2.57. The second-order valence-electron chi connectivity index (χ2n) is 4.81. The van der Waals surface area contributed by atoms with Gasteiger partial charge in [0.2, 0.25) is 0 Å². The fraction of sp³-hybridized carbons (Fsp3) is 0.188. The van der Waals surface area contributed by atoms with Gasteiger partial charge in [-0.1, -0.05) is 24.3 Å². The number of hydrogen-bond donors (Lipinski definition) is 2. The molecule has 0 unspecified atom stereocenters. The van der Waals surface area contributed by atoms with E-state index < -0.39 is 12.1 Å². The molecule has 0 aliphatic heterocycles. The van der Waals surface area contributed by atoms with Crippen molar-refractivity contribution in [1.82, 2.24) is 0 Å². The highest BCUT2D eigenvalue weighted by Gasteiger charge is 2.32. The largest absolute Gasteiger partial charge is 0.573 e. The van der Waals surface area contributed by atoms with Crippen LogP contribution in [-0.4, -0.2) is 18.9 Å². The number of hydrogen-bond acceptors (Lipinski definition) is 2. The summed E-state index contributed by atoms with van der Waals surface area (Å²) in [6.07, 6.45) is -4.28. The number of nitrogens with two attached hydrogens (primary N) is 1. The van der Waals surface area contributed by atoms with Crippen LogP contribution in [0, 0.1) is 5.82 Å². The molecule has 0 saturated heterocycles. The maximum atomic E-state index is 12.8. The van der Waals surface area contributed by atoms with Gasteiger partial charge in [-0.05, 0) is 36.2 Å². The Kier molecular flexibility index (Phi) is 5.62. The van der Waals surface area contributed by atoms with E-state index in [9.17, 15) is 17.6 Å². The molecule has 24 heavy (non-hydrogen) atoms. The smallest absolute Gasteiger partial charge is 0.404 e. The molecule has 0 bridgehead atoms. The summed E-state index contributed by atoms with van der Waals surface area (Å²) in [6, 6.07) is 11.4. The highest BCUT2D eigenvalue weighted by Crippen LogP contribution is 2.29. The van der Waals surface area contributed by atoms with E-state index in [2.05, 4.69) is 15.0 Å². The van der Waals surface area contributed by atoms with Crippen molar-refractivity contribution in [3.05, 3.63) is 59.9 Å². The Morgan fingerprint density at radius 3 is 2.42 bits per heavy atom. The van der Waals surface area contributed by atoms with Crippen LogP contribution in [0.5, 0.6) is 5.75 Å². The summed E-state index contributed by atoms with van der Waals surface area (Å²) in [5.41, 5.74) is 6.59. The number of rotatable bonds is 5. The van der Waals surface area contributed by atoms with E-state index in [1.807, 2.05) is 0 Å². The average molecular weight is 341 g/mol. The normalized spacial score (nSPS) is 12.1. The van der Waals surface area contributed by atoms with E-state index in [0.717, 1.165) is 5.56 Å². The number of alkyl halides is 3. The maximum Gasteiger partial charge on any atom is 0.573 e. The molecule has 0 heterocycles. The van der Waals surface area contributed by atoms with Crippen molar-refractivity contribution in [1.29, 1.82) is 0 Å². The zero-order valence-electron chi connectivity index (χ0n) is 12.5. The summed E-state index contributed by atoms with van der Waals surface area (Å²) < 4.78 is 53.7. The first-order valence-electron chi connectivity index (χ1n) is 6.99. The van der Waals surface area contributed by atoms with Crippen LogP contribution in [0.3, 0.4) is 0 Å². The molecule has 0 atom stereocenters. The number of anilines is 1. The first-order valence-corrected chi connectivity index (χ1v) is 6.99. The fourth-order valence-corrected chi connectivity index (χ4v) is 1.92. The first-order chi connectivity index (χ1) is 11.3. The summed E-state index contributed by atoms with van der Waals surface area (Å²) in [4.78, 5) is 4.03. The van der Waals surface area contributed by atoms with Gasteiger partial charge in [0.25, 0.3) is 0 Å². The number of ether oxygens (including phenoxy) is 1. The molecule has 2 rings (SSSR count). The number of para-hydroxylation sites is 2. The number of benzene rings is 2. The van der Waals surface area contributed by atoms with Crippen molar-refractivity contribution in [2.24, 2.45) is 10.7 Å². The molecule has 0 amide bonds. The van der Waals surface area contributed by atoms with Gasteiger partial charge in [-0.3, -0.25) is 4.99 Å². The van der Waals surface area contributed by atoms with Gasteiger partial charge >= 0.3 is 6.36 Å². The minimum atomic E-state index is -4.80. The lowest BCUT2D eigenvalue weighted by Crippen LogP contribution is -2.24. The van der Waals surface area contributed by atoms with E-state index in [1.165, 1.54) is 36.4 Å². The third-order valence-electron chi connectivity index (χ3n) is 2.97. The monoisotopic (exact) mass is 341 g/mol. The Hall–Kier alpha value is -2.77. The minimum Gasteiger partial charge on any atom is -0.404 e. The number of aliphatic imine (C=N–C) groups is 1. The second kappa shape index (κ2) is 7.67. The SMILES string of the molecule is NC(=NCCc1ccc(F)cc1)Nc1ccccc1OC(F)(F)F. The van der Waals surface area contributed by atoms with Gasteiger partial charge in [-0.25, -0.2) is 4.39 Å². The number of nitrogens with one attached hydrogen (secondary N) is 1. The molecule has 128 valence electrons. The molecule has 0 aliphatic carbocycles. The molecule has 0 aliphatic rings. The molecule has 0 radical (unpaired) electrons. The van der Waals surface area contributed by atoms with Crippen LogP contribution < -0.4 is 15.8 Å². The second-order valence-corrected chi connectivity index (χ2v) is 4.81. The van der Waals surface area contributed by atoms with Gasteiger partial charge < -0.3 is 15.8 Å². The Morgan fingerprint density at radius 1 is 1.08 bits per heavy atom. The number of guanidine groups is 1. The van der Waals surface area contributed by atoms with Crippen LogP contribution in [0.2, 0.25) is 0 Å². The van der Waals surface area contributed by atoms with Crippen LogP contribution in [0.15, 0.2) is 53.5 Å². The molecule has 0 spiro atoms. The first kappa shape index (κ1) is 17.6. The van der Waals surface area contributed by atoms with Gasteiger partial charge in [0.15, 0.2) is 11.7 Å². The Morgan fingerprint density at radius 2 is 1.75 bits per heavy atom. The topological polar surface area (TPSA) is 59.6 Å². The zero-order chi connectivity index (χ0) is 17.6. The summed E-state index contributed by atoms with van der Waals surface area (Å²) >= 11 is 0. The zero-order valence-corrected chi connectivity index (χ0v) is 12.5. The highest BCUT2D eigenvalue weighted by atomic mass is 19.4. The predicted molar refractivity (Wildman–Crippen MR) is 83.3 cm³/mol. The van der Waals surface area contributed by atoms with Crippen molar-refractivity contribution in [3.8, 4) is 5.75 Å². The molecule has 0 saturated carbocycles. The maximum absolute atomic E-state index is 12.8. The quantitative estimate of drug-likeness (QED) is 0.495. The van der Waals surface area contributed by atoms with Crippen molar-refractivity contribution in [2.75, 3.05) is 11.9 Å². The number of halogens is 4. The van der Waals surface area contributed by atoms with Gasteiger partial charge in [-0.2, -0.15) is 0 Å². The highest BCUT2D eigenvalue weighted by molar-refractivity contribution is 5.93. The molecule has 0 aromatic heterocycles. The Labute approximate surface area is 136 Å². The average Bonchev–Trinajstić information content (AvgIpc) is 2.50. The van der Waals surface area contributed by atoms with E-state index in [0.29, 0.717) is 13.0 Å². The molecule has 2 aromatic rings. The van der Waals surface area contributed by atoms with Crippen LogP contribution in [0.1, 0.15) is 5.56 Å². The van der Waals surface area contributed by atoms with Gasteiger partial charge in [0, 0.05) is 6.54 Å². The lowest BCUT2D eigenvalue weighted by Gasteiger charge is -2.14. The van der Waals surface area contributed by atoms with Crippen molar-refractivity contribution in [3.63, 3.8) is 0 Å². The number of nitrogens with zero attached hydrogens (tertiary/aromatic N) is 1. The molecule has 3 N–H and O–H groups in total. The van der Waals surface area contributed by atoms with Crippen LogP contribution in [0.4, 0.5) is 23.2 Å². The lowest BCUT2D eigenvalue weighted by molar-refractivity contribution is -0.274. The van der Waals surface area contributed by atoms with Crippen molar-refractivity contribution < 1.29 is 22.3 Å². The minimum absolute atomic E-state index is 0.0460. The lowest BCUT2D eigenvalue weighted by atomic mass is 10.1. The summed E-state index contributed by atoms with van der Waals surface area (Å²) in [7, 11) is 0. The van der Waals surface area contributed by atoms with E-state index in [-0.39, 0.29) is 17.5 Å². The standard InChI is InChI=1S/C16H15F4N3O/c17-12-7-5-11(6-8-12)9-10-22-15(21)23-13-3-1-2-4-14(13)24-16(18,19)20/h1-8H,9-10H2,(H3,21,22,23).